The number of benzene rings is 1. The quantitative estimate of drug-likeness (QED) is 0.474. The van der Waals surface area contributed by atoms with Gasteiger partial charge in [-0.25, -0.2) is 0 Å². The van der Waals surface area contributed by atoms with Crippen LogP contribution in [0.4, 0.5) is 0 Å². The molecule has 2 heterocycles. The minimum Gasteiger partial charge on any atom is -0.493 e. The Labute approximate surface area is 185 Å². The highest BCUT2D eigenvalue weighted by Crippen LogP contribution is 2.28. The van der Waals surface area contributed by atoms with E-state index in [1.807, 2.05) is 30.3 Å². The Morgan fingerprint density at radius 3 is 2.77 bits per heavy atom. The summed E-state index contributed by atoms with van der Waals surface area (Å²) in [5.41, 5.74) is 1.11. The van der Waals surface area contributed by atoms with Gasteiger partial charge in [-0.15, -0.1) is 0 Å². The normalized spacial score (nSPS) is 15.4. The fraction of sp³-hybridized carbons (Fsp3) is 0.542. The number of methoxy groups -OCH3 is 1. The molecule has 7 heteroatoms. The second kappa shape index (κ2) is 13.1. The van der Waals surface area contributed by atoms with Crippen molar-refractivity contribution in [3.8, 4) is 17.2 Å². The van der Waals surface area contributed by atoms with Crippen LogP contribution in [0, 0.1) is 0 Å². The third-order valence-electron chi connectivity index (χ3n) is 5.31. The van der Waals surface area contributed by atoms with E-state index in [9.17, 15) is 5.11 Å². The van der Waals surface area contributed by atoms with Gasteiger partial charge in [0.25, 0.3) is 0 Å². The fourth-order valence-electron chi connectivity index (χ4n) is 3.67. The van der Waals surface area contributed by atoms with Crippen LogP contribution in [-0.2, 0) is 6.54 Å². The highest BCUT2D eigenvalue weighted by Gasteiger charge is 2.16. The molecule has 0 aliphatic carbocycles. The zero-order valence-corrected chi connectivity index (χ0v) is 18.5. The summed E-state index contributed by atoms with van der Waals surface area (Å²) in [6, 6.07) is 9.68. The molecule has 31 heavy (non-hydrogen) atoms. The van der Waals surface area contributed by atoms with Crippen molar-refractivity contribution in [2.45, 2.75) is 38.3 Å². The van der Waals surface area contributed by atoms with Gasteiger partial charge in [-0.2, -0.15) is 0 Å². The smallest absolute Gasteiger partial charge is 0.161 e. The number of hydrogen-bond acceptors (Lipinski definition) is 7. The summed E-state index contributed by atoms with van der Waals surface area (Å²) < 4.78 is 17.0. The summed E-state index contributed by atoms with van der Waals surface area (Å²) in [6.07, 6.45) is 7.56. The maximum Gasteiger partial charge on any atom is 0.161 e. The van der Waals surface area contributed by atoms with Gasteiger partial charge in [-0.1, -0.05) is 12.5 Å². The molecule has 1 aromatic carbocycles. The molecule has 7 nitrogen and oxygen atoms in total. The number of pyridine rings is 1. The second-order valence-electron chi connectivity index (χ2n) is 7.88. The lowest BCUT2D eigenvalue weighted by Crippen LogP contribution is -2.38. The molecule has 1 saturated heterocycles. The van der Waals surface area contributed by atoms with E-state index in [1.54, 1.807) is 19.5 Å². The van der Waals surface area contributed by atoms with E-state index in [4.69, 9.17) is 14.2 Å². The van der Waals surface area contributed by atoms with E-state index >= 15 is 0 Å². The van der Waals surface area contributed by atoms with Crippen molar-refractivity contribution in [2.75, 3.05) is 46.5 Å². The van der Waals surface area contributed by atoms with Gasteiger partial charge in [0, 0.05) is 19.3 Å². The molecule has 0 spiro atoms. The van der Waals surface area contributed by atoms with Gasteiger partial charge in [-0.3, -0.25) is 4.98 Å². The highest BCUT2D eigenvalue weighted by atomic mass is 16.5. The Morgan fingerprint density at radius 1 is 1.13 bits per heavy atom. The number of β-amino-alcohol motifs (C(OH)–C–C–N with tert-alkyl or cyclic N) is 1. The SMILES string of the molecule is COc1ccc(CNCCCOc2cccnc2)cc1OC[C@H](O)CN1CCCCC1. The van der Waals surface area contributed by atoms with E-state index in [1.165, 1.54) is 19.3 Å². The maximum atomic E-state index is 10.4. The Morgan fingerprint density at radius 2 is 2.00 bits per heavy atom. The van der Waals surface area contributed by atoms with Crippen LogP contribution in [0.2, 0.25) is 0 Å². The van der Waals surface area contributed by atoms with Crippen LogP contribution in [0.5, 0.6) is 17.2 Å². The van der Waals surface area contributed by atoms with Crippen LogP contribution in [0.3, 0.4) is 0 Å². The number of aromatic nitrogens is 1. The lowest BCUT2D eigenvalue weighted by Gasteiger charge is -2.28. The third kappa shape index (κ3) is 8.36. The zero-order chi connectivity index (χ0) is 21.7. The number of likely N-dealkylation sites (tertiary alicyclic amines) is 1. The van der Waals surface area contributed by atoms with E-state index in [-0.39, 0.29) is 6.61 Å². The Hall–Kier alpha value is -2.35. The molecule has 1 atom stereocenters. The number of nitrogens with zero attached hydrogens (tertiary/aromatic N) is 2. The molecular formula is C24H35N3O4. The molecule has 1 aliphatic rings. The molecule has 0 radical (unpaired) electrons. The summed E-state index contributed by atoms with van der Waals surface area (Å²) >= 11 is 0. The van der Waals surface area contributed by atoms with Crippen LogP contribution >= 0.6 is 0 Å². The lowest BCUT2D eigenvalue weighted by atomic mass is 10.1. The number of aliphatic hydroxyl groups excluding tert-OH is 1. The first-order valence-corrected chi connectivity index (χ1v) is 11.2. The molecule has 2 N–H and O–H groups in total. The molecular weight excluding hydrogens is 394 g/mol. The standard InChI is InChI=1S/C24H35N3O4/c1-29-23-9-8-20(16-25-11-6-14-30-22-7-5-10-26-17-22)15-24(23)31-19-21(28)18-27-12-3-2-4-13-27/h5,7-10,15,17,21,25,28H,2-4,6,11-14,16,18-19H2,1H3/t21-/m1/s1. The molecule has 1 aromatic heterocycles. The van der Waals surface area contributed by atoms with Crippen LogP contribution < -0.4 is 19.5 Å². The summed E-state index contributed by atoms with van der Waals surface area (Å²) in [7, 11) is 1.63. The van der Waals surface area contributed by atoms with Crippen LogP contribution in [0.25, 0.3) is 0 Å². The number of rotatable bonds is 13. The first-order chi connectivity index (χ1) is 15.2. The first kappa shape index (κ1) is 23.3. The zero-order valence-electron chi connectivity index (χ0n) is 18.5. The number of piperidine rings is 1. The number of hydrogen-bond donors (Lipinski definition) is 2. The van der Waals surface area contributed by atoms with Crippen molar-refractivity contribution in [1.82, 2.24) is 15.2 Å². The molecule has 1 aliphatic heterocycles. The average Bonchev–Trinajstić information content (AvgIpc) is 2.81. The van der Waals surface area contributed by atoms with Crippen molar-refractivity contribution in [3.63, 3.8) is 0 Å². The van der Waals surface area contributed by atoms with Gasteiger partial charge in [0.05, 0.1) is 19.9 Å². The van der Waals surface area contributed by atoms with Gasteiger partial charge in [0.1, 0.15) is 18.5 Å². The highest BCUT2D eigenvalue weighted by molar-refractivity contribution is 5.43. The van der Waals surface area contributed by atoms with E-state index in [0.29, 0.717) is 24.7 Å². The number of aliphatic hydroxyl groups is 1. The molecule has 0 unspecified atom stereocenters. The predicted molar refractivity (Wildman–Crippen MR) is 121 cm³/mol. The third-order valence-corrected chi connectivity index (χ3v) is 5.31. The monoisotopic (exact) mass is 429 g/mol. The van der Waals surface area contributed by atoms with Gasteiger partial charge < -0.3 is 29.5 Å². The van der Waals surface area contributed by atoms with Crippen LogP contribution in [0.15, 0.2) is 42.7 Å². The van der Waals surface area contributed by atoms with Crippen molar-refractivity contribution >= 4 is 0 Å². The second-order valence-corrected chi connectivity index (χ2v) is 7.88. The van der Waals surface area contributed by atoms with Crippen molar-refractivity contribution in [3.05, 3.63) is 48.3 Å². The van der Waals surface area contributed by atoms with Gasteiger partial charge >= 0.3 is 0 Å². The minimum absolute atomic E-state index is 0.259. The largest absolute Gasteiger partial charge is 0.493 e. The summed E-state index contributed by atoms with van der Waals surface area (Å²) in [6.45, 7) is 5.26. The molecule has 0 amide bonds. The summed E-state index contributed by atoms with van der Waals surface area (Å²) in [5.74, 6) is 2.14. The summed E-state index contributed by atoms with van der Waals surface area (Å²) in [5, 5.41) is 13.8. The van der Waals surface area contributed by atoms with E-state index in [0.717, 1.165) is 43.9 Å². The Balaban J connectivity index is 1.38. The molecule has 1 fully saturated rings. The molecule has 0 saturated carbocycles. The molecule has 2 aromatic rings. The van der Waals surface area contributed by atoms with Gasteiger partial charge in [0.15, 0.2) is 11.5 Å². The van der Waals surface area contributed by atoms with Crippen molar-refractivity contribution in [1.29, 1.82) is 0 Å². The van der Waals surface area contributed by atoms with Crippen molar-refractivity contribution in [2.24, 2.45) is 0 Å². The average molecular weight is 430 g/mol. The fourth-order valence-corrected chi connectivity index (χ4v) is 3.67. The topological polar surface area (TPSA) is 76.1 Å². The Kier molecular flexibility index (Phi) is 9.89. The van der Waals surface area contributed by atoms with Crippen LogP contribution in [-0.4, -0.2) is 67.6 Å². The summed E-state index contributed by atoms with van der Waals surface area (Å²) in [4.78, 5) is 6.35. The lowest BCUT2D eigenvalue weighted by molar-refractivity contribution is 0.0608. The Bertz CT molecular complexity index is 754. The van der Waals surface area contributed by atoms with E-state index < -0.39 is 6.10 Å². The first-order valence-electron chi connectivity index (χ1n) is 11.2. The maximum absolute atomic E-state index is 10.4. The number of nitrogens with one attached hydrogen (secondary N) is 1. The van der Waals surface area contributed by atoms with Gasteiger partial charge in [-0.05, 0) is 68.7 Å². The molecule has 170 valence electrons. The predicted octanol–water partition coefficient (Wildman–Crippen LogP) is 2.87. The van der Waals surface area contributed by atoms with Crippen LogP contribution in [0.1, 0.15) is 31.2 Å². The van der Waals surface area contributed by atoms with Crippen molar-refractivity contribution < 1.29 is 19.3 Å². The van der Waals surface area contributed by atoms with E-state index in [2.05, 4.69) is 15.2 Å². The molecule has 3 rings (SSSR count). The van der Waals surface area contributed by atoms with Gasteiger partial charge in [0.2, 0.25) is 0 Å². The number of ether oxygens (including phenoxy) is 3. The molecule has 0 bridgehead atoms. The minimum atomic E-state index is -0.510.